The minimum Gasteiger partial charge on any atom is -0.330 e. The molecule has 1 heterocycles. The van der Waals surface area contributed by atoms with Crippen molar-refractivity contribution in [3.63, 3.8) is 0 Å². The normalized spacial score (nSPS) is 12.7. The lowest BCUT2D eigenvalue weighted by Crippen LogP contribution is -2.11. The molecule has 0 amide bonds. The Hall–Kier alpha value is -1.19. The van der Waals surface area contributed by atoms with Gasteiger partial charge in [0.25, 0.3) is 0 Å². The van der Waals surface area contributed by atoms with Crippen molar-refractivity contribution in [1.82, 2.24) is 4.98 Å². The molecule has 96 valence electrons. The SMILES string of the molecule is CCC(CN)c1nc(-c2ccc(C)c(C)c2)cs1. The molecule has 2 rings (SSSR count). The first-order valence-electron chi connectivity index (χ1n) is 6.38. The van der Waals surface area contributed by atoms with Crippen molar-refractivity contribution in [2.75, 3.05) is 6.54 Å². The molecular formula is C15H20N2S. The van der Waals surface area contributed by atoms with E-state index in [0.717, 1.165) is 17.1 Å². The van der Waals surface area contributed by atoms with Gasteiger partial charge in [-0.2, -0.15) is 0 Å². The summed E-state index contributed by atoms with van der Waals surface area (Å²) >= 11 is 1.72. The minimum atomic E-state index is 0.398. The fraction of sp³-hybridized carbons (Fsp3) is 0.400. The van der Waals surface area contributed by atoms with Crippen molar-refractivity contribution in [2.45, 2.75) is 33.1 Å². The van der Waals surface area contributed by atoms with Crippen LogP contribution in [0.25, 0.3) is 11.3 Å². The molecule has 18 heavy (non-hydrogen) atoms. The molecule has 0 aliphatic carbocycles. The van der Waals surface area contributed by atoms with E-state index in [-0.39, 0.29) is 0 Å². The average molecular weight is 260 g/mol. The van der Waals surface area contributed by atoms with Crippen molar-refractivity contribution in [3.8, 4) is 11.3 Å². The van der Waals surface area contributed by atoms with Crippen LogP contribution in [-0.2, 0) is 0 Å². The highest BCUT2D eigenvalue weighted by Gasteiger charge is 2.12. The number of thiazole rings is 1. The summed E-state index contributed by atoms with van der Waals surface area (Å²) in [5.74, 6) is 0.398. The van der Waals surface area contributed by atoms with Gasteiger partial charge < -0.3 is 5.73 Å². The molecule has 1 aromatic carbocycles. The van der Waals surface area contributed by atoms with E-state index in [1.165, 1.54) is 16.7 Å². The van der Waals surface area contributed by atoms with Crippen molar-refractivity contribution in [3.05, 3.63) is 39.7 Å². The number of nitrogens with two attached hydrogens (primary N) is 1. The van der Waals surface area contributed by atoms with E-state index < -0.39 is 0 Å². The molecule has 0 fully saturated rings. The Balaban J connectivity index is 2.31. The van der Waals surface area contributed by atoms with Gasteiger partial charge >= 0.3 is 0 Å². The molecule has 0 aliphatic rings. The summed E-state index contributed by atoms with van der Waals surface area (Å²) in [4.78, 5) is 4.73. The van der Waals surface area contributed by atoms with E-state index in [9.17, 15) is 0 Å². The van der Waals surface area contributed by atoms with Crippen molar-refractivity contribution in [1.29, 1.82) is 0 Å². The third-order valence-electron chi connectivity index (χ3n) is 3.45. The molecule has 0 aliphatic heterocycles. The van der Waals surface area contributed by atoms with E-state index >= 15 is 0 Å². The highest BCUT2D eigenvalue weighted by molar-refractivity contribution is 7.10. The maximum Gasteiger partial charge on any atom is 0.0976 e. The molecule has 0 spiro atoms. The first kappa shape index (κ1) is 13.2. The third kappa shape index (κ3) is 2.62. The number of hydrogen-bond acceptors (Lipinski definition) is 3. The predicted octanol–water partition coefficient (Wildman–Crippen LogP) is 3.88. The van der Waals surface area contributed by atoms with Crippen LogP contribution in [0.3, 0.4) is 0 Å². The van der Waals surface area contributed by atoms with Crippen LogP contribution in [0.5, 0.6) is 0 Å². The second-order valence-corrected chi connectivity index (χ2v) is 5.60. The maximum atomic E-state index is 5.77. The summed E-state index contributed by atoms with van der Waals surface area (Å²) in [6.07, 6.45) is 1.05. The fourth-order valence-corrected chi connectivity index (χ4v) is 2.98. The summed E-state index contributed by atoms with van der Waals surface area (Å²) in [6, 6.07) is 6.51. The van der Waals surface area contributed by atoms with Crippen molar-refractivity contribution < 1.29 is 0 Å². The number of rotatable bonds is 4. The maximum absolute atomic E-state index is 5.77. The molecule has 2 nitrogen and oxygen atoms in total. The zero-order valence-electron chi connectivity index (χ0n) is 11.2. The van der Waals surface area contributed by atoms with E-state index in [0.29, 0.717) is 12.5 Å². The zero-order chi connectivity index (χ0) is 13.1. The third-order valence-corrected chi connectivity index (χ3v) is 4.46. The Morgan fingerprint density at radius 3 is 2.67 bits per heavy atom. The summed E-state index contributed by atoms with van der Waals surface area (Å²) in [7, 11) is 0. The van der Waals surface area contributed by atoms with Crippen LogP contribution in [0.4, 0.5) is 0 Å². The van der Waals surface area contributed by atoms with Crippen LogP contribution in [0.2, 0.25) is 0 Å². The Kier molecular flexibility index (Phi) is 4.15. The highest BCUT2D eigenvalue weighted by Crippen LogP contribution is 2.28. The molecule has 2 aromatic rings. The summed E-state index contributed by atoms with van der Waals surface area (Å²) < 4.78 is 0. The van der Waals surface area contributed by atoms with Gasteiger partial charge in [0, 0.05) is 23.4 Å². The number of aromatic nitrogens is 1. The quantitative estimate of drug-likeness (QED) is 0.906. The van der Waals surface area contributed by atoms with Gasteiger partial charge in [-0.1, -0.05) is 19.1 Å². The monoisotopic (exact) mass is 260 g/mol. The van der Waals surface area contributed by atoms with Gasteiger partial charge in [-0.25, -0.2) is 4.98 Å². The standard InChI is InChI=1S/C15H20N2S/c1-4-12(8-16)15-17-14(9-18-15)13-6-5-10(2)11(3)7-13/h5-7,9,12H,4,8,16H2,1-3H3. The number of hydrogen-bond donors (Lipinski definition) is 1. The lowest BCUT2D eigenvalue weighted by Gasteiger charge is -2.07. The van der Waals surface area contributed by atoms with Crippen molar-refractivity contribution >= 4 is 11.3 Å². The van der Waals surface area contributed by atoms with Gasteiger partial charge in [0.15, 0.2) is 0 Å². The molecule has 0 saturated carbocycles. The van der Waals surface area contributed by atoms with Gasteiger partial charge in [-0.3, -0.25) is 0 Å². The molecule has 0 radical (unpaired) electrons. The molecular weight excluding hydrogens is 240 g/mol. The molecule has 2 N–H and O–H groups in total. The number of aryl methyl sites for hydroxylation is 2. The molecule has 0 saturated heterocycles. The van der Waals surface area contributed by atoms with E-state index in [1.54, 1.807) is 11.3 Å². The Morgan fingerprint density at radius 2 is 2.06 bits per heavy atom. The Bertz CT molecular complexity index is 527. The first-order valence-corrected chi connectivity index (χ1v) is 7.26. The van der Waals surface area contributed by atoms with Gasteiger partial charge in [0.1, 0.15) is 0 Å². The second kappa shape index (κ2) is 5.63. The van der Waals surface area contributed by atoms with E-state index in [4.69, 9.17) is 10.7 Å². The van der Waals surface area contributed by atoms with Crippen LogP contribution < -0.4 is 5.73 Å². The summed E-state index contributed by atoms with van der Waals surface area (Å²) in [5.41, 5.74) is 10.7. The zero-order valence-corrected chi connectivity index (χ0v) is 12.1. The molecule has 0 bridgehead atoms. The summed E-state index contributed by atoms with van der Waals surface area (Å²) in [5, 5.41) is 3.30. The topological polar surface area (TPSA) is 38.9 Å². The van der Waals surface area contributed by atoms with Gasteiger partial charge in [0.2, 0.25) is 0 Å². The van der Waals surface area contributed by atoms with Gasteiger partial charge in [-0.05, 0) is 37.5 Å². The summed E-state index contributed by atoms with van der Waals surface area (Å²) in [6.45, 7) is 7.11. The average Bonchev–Trinajstić information content (AvgIpc) is 2.84. The van der Waals surface area contributed by atoms with Crippen LogP contribution in [0.1, 0.15) is 35.4 Å². The van der Waals surface area contributed by atoms with Gasteiger partial charge in [-0.15, -0.1) is 11.3 Å². The molecule has 1 aromatic heterocycles. The number of benzene rings is 1. The van der Waals surface area contributed by atoms with Crippen LogP contribution in [0.15, 0.2) is 23.6 Å². The lowest BCUT2D eigenvalue weighted by atomic mass is 10.0. The molecule has 1 atom stereocenters. The Morgan fingerprint density at radius 1 is 1.28 bits per heavy atom. The second-order valence-electron chi connectivity index (χ2n) is 4.71. The lowest BCUT2D eigenvalue weighted by molar-refractivity contribution is 0.670. The van der Waals surface area contributed by atoms with E-state index in [2.05, 4.69) is 44.4 Å². The Labute approximate surface area is 113 Å². The predicted molar refractivity (Wildman–Crippen MR) is 79.1 cm³/mol. The molecule has 3 heteroatoms. The number of nitrogens with zero attached hydrogens (tertiary/aromatic N) is 1. The molecule has 1 unspecified atom stereocenters. The fourth-order valence-electron chi connectivity index (χ4n) is 1.95. The van der Waals surface area contributed by atoms with Crippen LogP contribution in [-0.4, -0.2) is 11.5 Å². The van der Waals surface area contributed by atoms with E-state index in [1.807, 2.05) is 0 Å². The van der Waals surface area contributed by atoms with Gasteiger partial charge in [0.05, 0.1) is 10.7 Å². The first-order chi connectivity index (χ1) is 8.65. The largest absolute Gasteiger partial charge is 0.330 e. The van der Waals surface area contributed by atoms with Crippen LogP contribution >= 0.6 is 11.3 Å². The van der Waals surface area contributed by atoms with Crippen molar-refractivity contribution in [2.24, 2.45) is 5.73 Å². The minimum absolute atomic E-state index is 0.398. The van der Waals surface area contributed by atoms with Crippen LogP contribution in [0, 0.1) is 13.8 Å². The smallest absolute Gasteiger partial charge is 0.0976 e. The highest BCUT2D eigenvalue weighted by atomic mass is 32.1.